The number of aryl methyl sites for hydroxylation is 3. The number of methoxy groups -OCH3 is 2. The second-order valence-corrected chi connectivity index (χ2v) is 9.36. The number of fused-ring (bicyclic) bond motifs is 3. The Bertz CT molecular complexity index is 1130. The van der Waals surface area contributed by atoms with Crippen molar-refractivity contribution in [1.29, 1.82) is 0 Å². The maximum atomic E-state index is 5.94. The third-order valence-electron chi connectivity index (χ3n) is 5.38. The average molecular weight is 427 g/mol. The van der Waals surface area contributed by atoms with Gasteiger partial charge in [0, 0.05) is 23.4 Å². The fourth-order valence-corrected chi connectivity index (χ4v) is 5.50. The van der Waals surface area contributed by atoms with Crippen molar-refractivity contribution in [2.45, 2.75) is 39.3 Å². The van der Waals surface area contributed by atoms with Crippen LogP contribution >= 0.6 is 23.8 Å². The third kappa shape index (κ3) is 3.55. The first-order valence-corrected chi connectivity index (χ1v) is 10.9. The van der Waals surface area contributed by atoms with Gasteiger partial charge in [-0.05, 0) is 57.0 Å². The minimum absolute atomic E-state index is 0.148. The van der Waals surface area contributed by atoms with Gasteiger partial charge in [-0.25, -0.2) is 0 Å². The summed E-state index contributed by atoms with van der Waals surface area (Å²) >= 11 is 7.71. The molecular formula is C23H26N2O2S2. The van der Waals surface area contributed by atoms with Crippen LogP contribution in [0.25, 0.3) is 11.1 Å². The first-order chi connectivity index (χ1) is 13.8. The highest BCUT2D eigenvalue weighted by Crippen LogP contribution is 2.47. The van der Waals surface area contributed by atoms with Crippen LogP contribution in [0.15, 0.2) is 36.4 Å². The molecule has 1 aliphatic rings. The monoisotopic (exact) mass is 426 g/mol. The van der Waals surface area contributed by atoms with Gasteiger partial charge in [0.25, 0.3) is 0 Å². The molecule has 1 aromatic heterocycles. The van der Waals surface area contributed by atoms with E-state index in [0.717, 1.165) is 34.8 Å². The Kier molecular flexibility index (Phi) is 5.17. The van der Waals surface area contributed by atoms with E-state index in [2.05, 4.69) is 54.3 Å². The normalized spacial score (nSPS) is 14.0. The van der Waals surface area contributed by atoms with Gasteiger partial charge in [-0.3, -0.25) is 3.96 Å². The number of benzene rings is 2. The van der Waals surface area contributed by atoms with Crippen molar-refractivity contribution in [3.05, 3.63) is 57.0 Å². The van der Waals surface area contributed by atoms with Gasteiger partial charge in [0.15, 0.2) is 11.5 Å². The van der Waals surface area contributed by atoms with Crippen molar-refractivity contribution in [3.8, 4) is 22.6 Å². The smallest absolute Gasteiger partial charge is 0.160 e. The second kappa shape index (κ2) is 7.50. The van der Waals surface area contributed by atoms with Crippen molar-refractivity contribution < 1.29 is 9.47 Å². The molecule has 0 aliphatic carbocycles. The van der Waals surface area contributed by atoms with Crippen LogP contribution < -0.4 is 14.8 Å². The quantitative estimate of drug-likeness (QED) is 0.495. The van der Waals surface area contributed by atoms with E-state index in [0.29, 0.717) is 0 Å². The number of hydrogen-bond acceptors (Lipinski definition) is 5. The van der Waals surface area contributed by atoms with Gasteiger partial charge in [-0.15, -0.1) is 0 Å². The fraction of sp³-hybridized carbons (Fsp3) is 0.348. The molecule has 4 rings (SSSR count). The lowest BCUT2D eigenvalue weighted by molar-refractivity contribution is 0.354. The van der Waals surface area contributed by atoms with Crippen LogP contribution in [0.4, 0.5) is 5.69 Å². The van der Waals surface area contributed by atoms with Gasteiger partial charge in [0.2, 0.25) is 0 Å². The summed E-state index contributed by atoms with van der Waals surface area (Å²) in [5, 5.41) is 3.68. The van der Waals surface area contributed by atoms with Crippen molar-refractivity contribution in [2.24, 2.45) is 0 Å². The highest BCUT2D eigenvalue weighted by molar-refractivity contribution is 7.71. The van der Waals surface area contributed by atoms with Crippen molar-refractivity contribution in [3.63, 3.8) is 0 Å². The van der Waals surface area contributed by atoms with Gasteiger partial charge in [0.1, 0.15) is 4.64 Å². The standard InChI is InChI=1S/C23H26N2O2S2/c1-14-6-8-17-16(12-14)20-21(23(2,3)24-17)29-25(22(20)28)11-10-15-7-9-18(26-4)19(13-15)27-5/h6-9,12-13,24H,10-11H2,1-5H3. The van der Waals surface area contributed by atoms with E-state index in [9.17, 15) is 0 Å². The maximum absolute atomic E-state index is 5.94. The molecule has 0 saturated heterocycles. The Balaban J connectivity index is 1.69. The third-order valence-corrected chi connectivity index (χ3v) is 7.40. The molecule has 29 heavy (non-hydrogen) atoms. The zero-order valence-corrected chi connectivity index (χ0v) is 19.1. The largest absolute Gasteiger partial charge is 0.493 e. The van der Waals surface area contributed by atoms with Gasteiger partial charge >= 0.3 is 0 Å². The number of hydrogen-bond donors (Lipinski definition) is 1. The molecule has 0 fully saturated rings. The molecule has 1 N–H and O–H groups in total. The van der Waals surface area contributed by atoms with Gasteiger partial charge in [0.05, 0.1) is 24.6 Å². The molecule has 0 unspecified atom stereocenters. The lowest BCUT2D eigenvalue weighted by Crippen LogP contribution is -2.30. The minimum atomic E-state index is -0.148. The summed E-state index contributed by atoms with van der Waals surface area (Å²) in [5.74, 6) is 1.51. The van der Waals surface area contributed by atoms with Crippen LogP contribution in [0.2, 0.25) is 0 Å². The van der Waals surface area contributed by atoms with Gasteiger partial charge in [-0.1, -0.05) is 41.4 Å². The van der Waals surface area contributed by atoms with Crippen LogP contribution in [-0.4, -0.2) is 18.2 Å². The molecule has 0 radical (unpaired) electrons. The van der Waals surface area contributed by atoms with Crippen LogP contribution in [0.5, 0.6) is 11.5 Å². The summed E-state index contributed by atoms with van der Waals surface area (Å²) in [7, 11) is 3.32. The summed E-state index contributed by atoms with van der Waals surface area (Å²) in [5.41, 5.74) is 5.87. The predicted molar refractivity (Wildman–Crippen MR) is 123 cm³/mol. The summed E-state index contributed by atoms with van der Waals surface area (Å²) in [4.78, 5) is 1.30. The second-order valence-electron chi connectivity index (χ2n) is 7.94. The Morgan fingerprint density at radius 1 is 1.07 bits per heavy atom. The molecule has 0 amide bonds. The summed E-state index contributed by atoms with van der Waals surface area (Å²) in [6.45, 7) is 7.40. The average Bonchev–Trinajstić information content (AvgIpc) is 3.04. The summed E-state index contributed by atoms with van der Waals surface area (Å²) < 4.78 is 14.0. The molecule has 3 aromatic rings. The lowest BCUT2D eigenvalue weighted by atomic mass is 9.89. The Morgan fingerprint density at radius 3 is 2.55 bits per heavy atom. The molecule has 4 nitrogen and oxygen atoms in total. The molecule has 2 aromatic carbocycles. The Morgan fingerprint density at radius 2 is 1.83 bits per heavy atom. The van der Waals surface area contributed by atoms with Crippen molar-refractivity contribution >= 4 is 29.4 Å². The van der Waals surface area contributed by atoms with Gasteiger partial charge in [-0.2, -0.15) is 0 Å². The molecule has 0 bridgehead atoms. The molecule has 1 aliphatic heterocycles. The van der Waals surface area contributed by atoms with E-state index in [1.165, 1.54) is 27.1 Å². The Hall–Kier alpha value is -2.31. The minimum Gasteiger partial charge on any atom is -0.493 e. The zero-order chi connectivity index (χ0) is 20.8. The number of aromatic nitrogens is 1. The van der Waals surface area contributed by atoms with E-state index in [-0.39, 0.29) is 5.54 Å². The maximum Gasteiger partial charge on any atom is 0.160 e. The summed E-state index contributed by atoms with van der Waals surface area (Å²) in [6.07, 6.45) is 0.878. The predicted octanol–water partition coefficient (Wildman–Crippen LogP) is 6.18. The van der Waals surface area contributed by atoms with Crippen LogP contribution in [0, 0.1) is 11.6 Å². The number of anilines is 1. The summed E-state index contributed by atoms with van der Waals surface area (Å²) in [6, 6.07) is 12.6. The first-order valence-electron chi connectivity index (χ1n) is 9.69. The van der Waals surface area contributed by atoms with Crippen LogP contribution in [-0.2, 0) is 18.5 Å². The van der Waals surface area contributed by atoms with E-state index in [4.69, 9.17) is 21.7 Å². The van der Waals surface area contributed by atoms with Crippen LogP contribution in [0.3, 0.4) is 0 Å². The highest BCUT2D eigenvalue weighted by atomic mass is 32.1. The van der Waals surface area contributed by atoms with E-state index >= 15 is 0 Å². The van der Waals surface area contributed by atoms with E-state index in [1.807, 2.05) is 12.1 Å². The topological polar surface area (TPSA) is 35.4 Å². The first kappa shape index (κ1) is 20.0. The number of nitrogens with one attached hydrogen (secondary N) is 1. The van der Waals surface area contributed by atoms with Crippen molar-refractivity contribution in [2.75, 3.05) is 19.5 Å². The molecule has 0 atom stereocenters. The van der Waals surface area contributed by atoms with E-state index < -0.39 is 0 Å². The van der Waals surface area contributed by atoms with Gasteiger partial charge < -0.3 is 14.8 Å². The SMILES string of the molecule is COc1ccc(CCn2sc3c(c2=S)-c2cc(C)ccc2NC3(C)C)cc1OC. The molecule has 0 spiro atoms. The number of ether oxygens (including phenoxy) is 2. The van der Waals surface area contributed by atoms with Crippen molar-refractivity contribution in [1.82, 2.24) is 3.96 Å². The molecule has 152 valence electrons. The molecule has 0 saturated carbocycles. The Labute approximate surface area is 181 Å². The van der Waals surface area contributed by atoms with E-state index in [1.54, 1.807) is 25.8 Å². The lowest BCUT2D eigenvalue weighted by Gasteiger charge is -2.33. The zero-order valence-electron chi connectivity index (χ0n) is 17.5. The highest BCUT2D eigenvalue weighted by Gasteiger charge is 2.34. The molecular weight excluding hydrogens is 400 g/mol. The molecule has 6 heteroatoms. The number of nitrogens with zero attached hydrogens (tertiary/aromatic N) is 1. The van der Waals surface area contributed by atoms with Crippen LogP contribution in [0.1, 0.15) is 29.9 Å². The number of rotatable bonds is 5. The molecule has 2 heterocycles. The fourth-order valence-electron chi connectivity index (χ4n) is 3.86.